The summed E-state index contributed by atoms with van der Waals surface area (Å²) in [5.74, 6) is -0.305. The van der Waals surface area contributed by atoms with Crippen LogP contribution in [0.2, 0.25) is 5.02 Å². The maximum Gasteiger partial charge on any atom is 0.263 e. The number of fused-ring (bicyclic) bond motifs is 1. The van der Waals surface area contributed by atoms with E-state index in [9.17, 15) is 14.0 Å². The van der Waals surface area contributed by atoms with Gasteiger partial charge >= 0.3 is 0 Å². The van der Waals surface area contributed by atoms with Crippen LogP contribution in [0.25, 0.3) is 33.9 Å². The number of aromatic nitrogens is 4. The highest BCUT2D eigenvalue weighted by Gasteiger charge is 2.19. The Kier molecular flexibility index (Phi) is 6.41. The summed E-state index contributed by atoms with van der Waals surface area (Å²) in [4.78, 5) is 35.0. The number of anilines is 1. The van der Waals surface area contributed by atoms with Gasteiger partial charge in [0.05, 0.1) is 17.5 Å². The second-order valence-electron chi connectivity index (χ2n) is 8.15. The molecule has 0 spiro atoms. The minimum atomic E-state index is -0.456. The van der Waals surface area contributed by atoms with E-state index in [1.54, 1.807) is 43.3 Å². The zero-order chi connectivity index (χ0) is 26.1. The molecule has 0 saturated heterocycles. The molecule has 186 valence electrons. The van der Waals surface area contributed by atoms with Gasteiger partial charge in [-0.3, -0.25) is 9.59 Å². The van der Waals surface area contributed by atoms with E-state index < -0.39 is 11.2 Å². The minimum absolute atomic E-state index is 0.0668. The number of hydrogen-bond donors (Lipinski definition) is 1. The zero-order valence-electron chi connectivity index (χ0n) is 19.7. The molecule has 9 nitrogen and oxygen atoms in total. The SMILES string of the molecule is COc1ccc(NC(=O)Cn2cc(-c3nc(-c4cccc(F)c4)no3)c(=O)c3ccc(C)nc32)cc1Cl. The fraction of sp³-hybridized carbons (Fsp3) is 0.115. The first-order chi connectivity index (χ1) is 17.8. The monoisotopic (exact) mass is 519 g/mol. The van der Waals surface area contributed by atoms with Crippen LogP contribution < -0.4 is 15.5 Å². The van der Waals surface area contributed by atoms with Gasteiger partial charge in [-0.1, -0.05) is 28.9 Å². The lowest BCUT2D eigenvalue weighted by molar-refractivity contribution is -0.116. The number of pyridine rings is 2. The molecule has 5 aromatic rings. The van der Waals surface area contributed by atoms with Crippen LogP contribution in [-0.2, 0) is 11.3 Å². The average Bonchev–Trinajstić information content (AvgIpc) is 3.36. The van der Waals surface area contributed by atoms with E-state index in [4.69, 9.17) is 20.9 Å². The molecule has 0 aliphatic carbocycles. The van der Waals surface area contributed by atoms with Gasteiger partial charge in [-0.05, 0) is 49.4 Å². The summed E-state index contributed by atoms with van der Waals surface area (Å²) < 4.78 is 25.7. The van der Waals surface area contributed by atoms with Crippen LogP contribution in [0, 0.1) is 12.7 Å². The lowest BCUT2D eigenvalue weighted by atomic mass is 10.1. The molecule has 11 heteroatoms. The second-order valence-corrected chi connectivity index (χ2v) is 8.56. The van der Waals surface area contributed by atoms with E-state index in [1.165, 1.54) is 36.1 Å². The predicted molar refractivity (Wildman–Crippen MR) is 136 cm³/mol. The molecule has 2 aromatic carbocycles. The number of amides is 1. The summed E-state index contributed by atoms with van der Waals surface area (Å²) in [5.41, 5.74) is 1.54. The lowest BCUT2D eigenvalue weighted by Crippen LogP contribution is -2.22. The summed E-state index contributed by atoms with van der Waals surface area (Å²) in [5, 5.41) is 7.28. The number of ether oxygens (including phenoxy) is 1. The van der Waals surface area contributed by atoms with Gasteiger partial charge in [0.25, 0.3) is 5.89 Å². The molecule has 0 aliphatic rings. The first kappa shape index (κ1) is 24.1. The predicted octanol–water partition coefficient (Wildman–Crippen LogP) is 4.86. The van der Waals surface area contributed by atoms with Gasteiger partial charge in [0.15, 0.2) is 0 Å². The third-order valence-corrected chi connectivity index (χ3v) is 5.84. The smallest absolute Gasteiger partial charge is 0.263 e. The Balaban J connectivity index is 1.52. The second kappa shape index (κ2) is 9.82. The van der Waals surface area contributed by atoms with Gasteiger partial charge in [-0.15, -0.1) is 0 Å². The van der Waals surface area contributed by atoms with Crippen molar-refractivity contribution in [2.75, 3.05) is 12.4 Å². The fourth-order valence-electron chi connectivity index (χ4n) is 3.81. The Morgan fingerprint density at radius 1 is 1.16 bits per heavy atom. The Morgan fingerprint density at radius 2 is 2.00 bits per heavy atom. The van der Waals surface area contributed by atoms with E-state index >= 15 is 0 Å². The highest BCUT2D eigenvalue weighted by atomic mass is 35.5. The van der Waals surface area contributed by atoms with Gasteiger partial charge in [0, 0.05) is 23.1 Å². The molecule has 1 amide bonds. The molecule has 0 unspecified atom stereocenters. The maximum absolute atomic E-state index is 13.6. The molecule has 1 N–H and O–H groups in total. The Bertz CT molecular complexity index is 1720. The number of benzene rings is 2. The third-order valence-electron chi connectivity index (χ3n) is 5.55. The number of nitrogens with one attached hydrogen (secondary N) is 1. The number of rotatable bonds is 6. The van der Waals surface area contributed by atoms with Crippen LogP contribution in [-0.4, -0.2) is 32.7 Å². The summed E-state index contributed by atoms with van der Waals surface area (Å²) >= 11 is 6.16. The molecule has 37 heavy (non-hydrogen) atoms. The van der Waals surface area contributed by atoms with E-state index in [1.807, 2.05) is 0 Å². The number of carbonyl (C=O) groups is 1. The number of methoxy groups -OCH3 is 1. The summed E-state index contributed by atoms with van der Waals surface area (Å²) in [6.45, 7) is 1.61. The van der Waals surface area contributed by atoms with E-state index in [2.05, 4.69) is 20.4 Å². The molecule has 3 aromatic heterocycles. The van der Waals surface area contributed by atoms with Crippen molar-refractivity contribution in [3.63, 3.8) is 0 Å². The van der Waals surface area contributed by atoms with Crippen LogP contribution in [0.4, 0.5) is 10.1 Å². The van der Waals surface area contributed by atoms with Gasteiger partial charge in [0.1, 0.15) is 29.3 Å². The van der Waals surface area contributed by atoms with Crippen molar-refractivity contribution in [1.82, 2.24) is 19.7 Å². The summed E-state index contributed by atoms with van der Waals surface area (Å²) in [7, 11) is 1.50. The van der Waals surface area contributed by atoms with Crippen LogP contribution in [0.1, 0.15) is 5.69 Å². The highest BCUT2D eigenvalue weighted by Crippen LogP contribution is 2.27. The van der Waals surface area contributed by atoms with Crippen LogP contribution in [0.3, 0.4) is 0 Å². The summed E-state index contributed by atoms with van der Waals surface area (Å²) in [6, 6.07) is 13.9. The van der Waals surface area contributed by atoms with Crippen LogP contribution in [0.15, 0.2) is 70.1 Å². The number of halogens is 2. The van der Waals surface area contributed by atoms with Crippen molar-refractivity contribution in [2.24, 2.45) is 0 Å². The number of aryl methyl sites for hydroxylation is 1. The molecular formula is C26H19ClFN5O4. The average molecular weight is 520 g/mol. The standard InChI is InChI=1S/C26H19ClFN5O4/c1-14-6-8-18-23(35)19(26-31-24(32-37-26)15-4-3-5-16(28)10-15)12-33(25(18)29-14)13-22(34)30-17-7-9-21(36-2)20(27)11-17/h3-12H,13H2,1-2H3,(H,30,34). The van der Waals surface area contributed by atoms with Crippen LogP contribution >= 0.6 is 11.6 Å². The lowest BCUT2D eigenvalue weighted by Gasteiger charge is -2.13. The Hall–Kier alpha value is -4.57. The molecular weight excluding hydrogens is 501 g/mol. The molecule has 5 rings (SSSR count). The Morgan fingerprint density at radius 3 is 2.76 bits per heavy atom. The highest BCUT2D eigenvalue weighted by molar-refractivity contribution is 6.32. The topological polar surface area (TPSA) is 112 Å². The quantitative estimate of drug-likeness (QED) is 0.341. The molecule has 0 radical (unpaired) electrons. The van der Waals surface area contributed by atoms with Gasteiger partial charge in [-0.25, -0.2) is 9.37 Å². The van der Waals surface area contributed by atoms with Crippen molar-refractivity contribution in [3.8, 4) is 28.6 Å². The van der Waals surface area contributed by atoms with E-state index in [0.717, 1.165) is 0 Å². The van der Waals surface area contributed by atoms with Crippen molar-refractivity contribution in [1.29, 1.82) is 0 Å². The molecule has 0 bridgehead atoms. The number of carbonyl (C=O) groups excluding carboxylic acids is 1. The Labute approximate surface area is 214 Å². The van der Waals surface area contributed by atoms with Crippen LogP contribution in [0.5, 0.6) is 5.75 Å². The summed E-state index contributed by atoms with van der Waals surface area (Å²) in [6.07, 6.45) is 1.44. The normalized spacial score (nSPS) is 11.0. The maximum atomic E-state index is 13.6. The third kappa shape index (κ3) is 4.91. The molecule has 0 fully saturated rings. The minimum Gasteiger partial charge on any atom is -0.495 e. The number of nitrogens with zero attached hydrogens (tertiary/aromatic N) is 4. The molecule has 0 aliphatic heterocycles. The van der Waals surface area contributed by atoms with Crippen molar-refractivity contribution in [3.05, 3.63) is 87.6 Å². The zero-order valence-corrected chi connectivity index (χ0v) is 20.4. The van der Waals surface area contributed by atoms with Gasteiger partial charge < -0.3 is 19.1 Å². The van der Waals surface area contributed by atoms with Gasteiger partial charge in [0.2, 0.25) is 17.2 Å². The largest absolute Gasteiger partial charge is 0.495 e. The van der Waals surface area contributed by atoms with E-state index in [0.29, 0.717) is 33.4 Å². The molecule has 0 saturated carbocycles. The van der Waals surface area contributed by atoms with Crippen molar-refractivity contribution in [2.45, 2.75) is 13.5 Å². The van der Waals surface area contributed by atoms with Crippen molar-refractivity contribution >= 4 is 34.2 Å². The molecule has 0 atom stereocenters. The van der Waals surface area contributed by atoms with E-state index in [-0.39, 0.29) is 35.1 Å². The van der Waals surface area contributed by atoms with Crippen molar-refractivity contribution < 1.29 is 18.4 Å². The number of hydrogen-bond acceptors (Lipinski definition) is 7. The fourth-order valence-corrected chi connectivity index (χ4v) is 4.07. The molecule has 3 heterocycles. The first-order valence-electron chi connectivity index (χ1n) is 11.1. The van der Waals surface area contributed by atoms with Gasteiger partial charge in [-0.2, -0.15) is 4.98 Å². The first-order valence-corrected chi connectivity index (χ1v) is 11.4.